The van der Waals surface area contributed by atoms with Crippen LogP contribution in [0.2, 0.25) is 0 Å². The largest absolute Gasteiger partial charge is 0.454 e. The van der Waals surface area contributed by atoms with E-state index in [-0.39, 0.29) is 6.10 Å². The van der Waals surface area contributed by atoms with Crippen LogP contribution in [-0.2, 0) is 6.42 Å². The summed E-state index contributed by atoms with van der Waals surface area (Å²) in [4.78, 5) is 0. The van der Waals surface area contributed by atoms with Gasteiger partial charge in [-0.05, 0) is 35.0 Å². The first kappa shape index (κ1) is 7.82. The van der Waals surface area contributed by atoms with Gasteiger partial charge in [-0.3, -0.25) is 0 Å². The van der Waals surface area contributed by atoms with E-state index in [1.54, 1.807) is 6.92 Å². The molecule has 0 aliphatic carbocycles. The molecule has 0 saturated heterocycles. The molecular weight excluding hydrogens is 196 g/mol. The molecule has 1 aromatic heterocycles. The minimum Gasteiger partial charge on any atom is -0.454 e. The van der Waals surface area contributed by atoms with Crippen molar-refractivity contribution in [3.8, 4) is 0 Å². The van der Waals surface area contributed by atoms with E-state index < -0.39 is 0 Å². The zero-order valence-corrected chi connectivity index (χ0v) is 7.26. The minimum absolute atomic E-state index is 0.335. The molecular formula is C7H9BrO2. The summed E-state index contributed by atoms with van der Waals surface area (Å²) in [6.07, 6.45) is 0.240. The zero-order valence-electron chi connectivity index (χ0n) is 5.67. The highest BCUT2D eigenvalue weighted by Gasteiger charge is 2.02. The summed E-state index contributed by atoms with van der Waals surface area (Å²) in [5.74, 6) is 0.807. The molecule has 1 N–H and O–H groups in total. The van der Waals surface area contributed by atoms with Crippen LogP contribution in [-0.4, -0.2) is 11.2 Å². The molecule has 0 fully saturated rings. The Bertz CT molecular complexity index is 205. The Morgan fingerprint density at radius 1 is 1.70 bits per heavy atom. The lowest BCUT2D eigenvalue weighted by molar-refractivity contribution is 0.187. The van der Waals surface area contributed by atoms with Crippen molar-refractivity contribution in [2.45, 2.75) is 19.4 Å². The van der Waals surface area contributed by atoms with Crippen LogP contribution in [0.4, 0.5) is 0 Å². The third kappa shape index (κ3) is 2.15. The molecule has 3 heteroatoms. The third-order valence-electron chi connectivity index (χ3n) is 1.13. The molecule has 2 nitrogen and oxygen atoms in total. The molecule has 0 aromatic carbocycles. The summed E-state index contributed by atoms with van der Waals surface area (Å²) in [7, 11) is 0. The minimum atomic E-state index is -0.335. The van der Waals surface area contributed by atoms with Crippen LogP contribution in [0.3, 0.4) is 0 Å². The van der Waals surface area contributed by atoms with Crippen molar-refractivity contribution in [1.29, 1.82) is 0 Å². The molecule has 0 saturated carbocycles. The van der Waals surface area contributed by atoms with Gasteiger partial charge in [0.05, 0.1) is 6.10 Å². The van der Waals surface area contributed by atoms with Gasteiger partial charge in [0.1, 0.15) is 5.76 Å². The molecule has 1 aromatic rings. The second-order valence-corrected chi connectivity index (χ2v) is 3.04. The second-order valence-electron chi connectivity index (χ2n) is 2.26. The Kier molecular flexibility index (Phi) is 2.51. The number of halogens is 1. The molecule has 0 bridgehead atoms. The Balaban J connectivity index is 2.58. The maximum atomic E-state index is 8.94. The summed E-state index contributed by atoms with van der Waals surface area (Å²) in [6, 6.07) is 3.66. The predicted molar refractivity (Wildman–Crippen MR) is 41.8 cm³/mol. The van der Waals surface area contributed by atoms with E-state index in [0.717, 1.165) is 5.76 Å². The number of aliphatic hydroxyl groups excluding tert-OH is 1. The number of rotatable bonds is 2. The average Bonchev–Trinajstić information content (AvgIpc) is 2.13. The van der Waals surface area contributed by atoms with Crippen LogP contribution < -0.4 is 0 Å². The molecule has 56 valence electrons. The van der Waals surface area contributed by atoms with Crippen molar-refractivity contribution >= 4 is 15.9 Å². The zero-order chi connectivity index (χ0) is 7.56. The van der Waals surface area contributed by atoms with Gasteiger partial charge in [-0.1, -0.05) is 0 Å². The van der Waals surface area contributed by atoms with Crippen molar-refractivity contribution in [2.75, 3.05) is 0 Å². The fourth-order valence-electron chi connectivity index (χ4n) is 0.753. The Labute approximate surface area is 68.0 Å². The summed E-state index contributed by atoms with van der Waals surface area (Å²) < 4.78 is 5.86. The lowest BCUT2D eigenvalue weighted by Crippen LogP contribution is -2.02. The van der Waals surface area contributed by atoms with E-state index in [2.05, 4.69) is 15.9 Å². The highest BCUT2D eigenvalue weighted by atomic mass is 79.9. The highest BCUT2D eigenvalue weighted by molar-refractivity contribution is 9.10. The van der Waals surface area contributed by atoms with Crippen LogP contribution in [0.15, 0.2) is 21.2 Å². The first-order chi connectivity index (χ1) is 4.68. The van der Waals surface area contributed by atoms with Gasteiger partial charge in [0.15, 0.2) is 4.67 Å². The molecule has 1 rings (SSSR count). The smallest absolute Gasteiger partial charge is 0.169 e. The van der Waals surface area contributed by atoms with E-state index in [0.29, 0.717) is 11.1 Å². The Morgan fingerprint density at radius 3 is 2.80 bits per heavy atom. The fourth-order valence-corrected chi connectivity index (χ4v) is 1.09. The molecule has 0 radical (unpaired) electrons. The lowest BCUT2D eigenvalue weighted by atomic mass is 10.2. The van der Waals surface area contributed by atoms with Crippen LogP contribution >= 0.6 is 15.9 Å². The van der Waals surface area contributed by atoms with Crippen LogP contribution in [0.5, 0.6) is 0 Å². The first-order valence-corrected chi connectivity index (χ1v) is 3.90. The van der Waals surface area contributed by atoms with Gasteiger partial charge in [-0.25, -0.2) is 0 Å². The number of hydrogen-bond acceptors (Lipinski definition) is 2. The van der Waals surface area contributed by atoms with Gasteiger partial charge >= 0.3 is 0 Å². The van der Waals surface area contributed by atoms with Crippen molar-refractivity contribution in [3.05, 3.63) is 22.6 Å². The van der Waals surface area contributed by atoms with Gasteiger partial charge in [0, 0.05) is 6.42 Å². The average molecular weight is 205 g/mol. The van der Waals surface area contributed by atoms with Crippen molar-refractivity contribution < 1.29 is 9.52 Å². The third-order valence-corrected chi connectivity index (χ3v) is 1.55. The molecule has 0 unspecified atom stereocenters. The highest BCUT2D eigenvalue weighted by Crippen LogP contribution is 2.14. The fraction of sp³-hybridized carbons (Fsp3) is 0.429. The number of furan rings is 1. The molecule has 0 aliphatic heterocycles. The number of hydrogen-bond donors (Lipinski definition) is 1. The topological polar surface area (TPSA) is 33.4 Å². The van der Waals surface area contributed by atoms with Gasteiger partial charge in [0.2, 0.25) is 0 Å². The molecule has 10 heavy (non-hydrogen) atoms. The maximum absolute atomic E-state index is 8.94. The predicted octanol–water partition coefficient (Wildman–Crippen LogP) is 1.97. The normalized spacial score (nSPS) is 13.5. The van der Waals surface area contributed by atoms with Crippen LogP contribution in [0, 0.1) is 0 Å². The molecule has 1 heterocycles. The van der Waals surface area contributed by atoms with E-state index in [1.807, 2.05) is 12.1 Å². The van der Waals surface area contributed by atoms with E-state index in [4.69, 9.17) is 9.52 Å². The van der Waals surface area contributed by atoms with Crippen molar-refractivity contribution in [3.63, 3.8) is 0 Å². The molecule has 0 aliphatic rings. The monoisotopic (exact) mass is 204 g/mol. The Morgan fingerprint density at radius 2 is 2.40 bits per heavy atom. The van der Waals surface area contributed by atoms with Gasteiger partial charge in [-0.2, -0.15) is 0 Å². The summed E-state index contributed by atoms with van der Waals surface area (Å²) in [6.45, 7) is 1.73. The van der Waals surface area contributed by atoms with Crippen LogP contribution in [0.1, 0.15) is 12.7 Å². The standard InChI is InChI=1S/C7H9BrO2/c1-5(9)4-6-2-3-7(8)10-6/h2-3,5,9H,4H2,1H3/t5-/m0/s1. The summed E-state index contributed by atoms with van der Waals surface area (Å²) in [5, 5.41) is 8.94. The molecule has 0 amide bonds. The van der Waals surface area contributed by atoms with E-state index in [1.165, 1.54) is 0 Å². The Hall–Kier alpha value is -0.280. The van der Waals surface area contributed by atoms with E-state index >= 15 is 0 Å². The number of aliphatic hydroxyl groups is 1. The van der Waals surface area contributed by atoms with Crippen LogP contribution in [0.25, 0.3) is 0 Å². The van der Waals surface area contributed by atoms with Gasteiger partial charge in [-0.15, -0.1) is 0 Å². The molecule has 0 spiro atoms. The molecule has 1 atom stereocenters. The SMILES string of the molecule is C[C@H](O)Cc1ccc(Br)o1. The maximum Gasteiger partial charge on any atom is 0.169 e. The first-order valence-electron chi connectivity index (χ1n) is 3.11. The quantitative estimate of drug-likeness (QED) is 0.800. The van der Waals surface area contributed by atoms with Gasteiger partial charge in [0.25, 0.3) is 0 Å². The second kappa shape index (κ2) is 3.21. The summed E-state index contributed by atoms with van der Waals surface area (Å²) in [5.41, 5.74) is 0. The van der Waals surface area contributed by atoms with Crippen molar-refractivity contribution in [1.82, 2.24) is 0 Å². The van der Waals surface area contributed by atoms with Gasteiger partial charge < -0.3 is 9.52 Å². The van der Waals surface area contributed by atoms with E-state index in [9.17, 15) is 0 Å². The lowest BCUT2D eigenvalue weighted by Gasteiger charge is -1.97. The summed E-state index contributed by atoms with van der Waals surface area (Å²) >= 11 is 3.17. The van der Waals surface area contributed by atoms with Crippen molar-refractivity contribution in [2.24, 2.45) is 0 Å².